The van der Waals surface area contributed by atoms with Gasteiger partial charge in [0.15, 0.2) is 0 Å². The Hall–Kier alpha value is 0.473. The molecule has 0 aliphatic rings. The summed E-state index contributed by atoms with van der Waals surface area (Å²) in [5, 5.41) is 13.9. The van der Waals surface area contributed by atoms with Crippen molar-refractivity contribution in [1.29, 1.82) is 0 Å². The quantitative estimate of drug-likeness (QED) is 0.581. The molecule has 0 aliphatic carbocycles. The van der Waals surface area contributed by atoms with E-state index in [1.807, 2.05) is 0 Å². The molecule has 0 bridgehead atoms. The molecule has 0 aromatic carbocycles. The Morgan fingerprint density at radius 2 is 1.43 bits per heavy atom. The molecule has 0 heterocycles. The first kappa shape index (κ1) is 10.5. The zero-order valence-electron chi connectivity index (χ0n) is 3.27. The van der Waals surface area contributed by atoms with Crippen LogP contribution in [0.3, 0.4) is 0 Å². The number of hydrogen-bond acceptors (Lipinski definition) is 1. The third-order valence-corrected chi connectivity index (χ3v) is 0. The molecule has 0 saturated carbocycles. The SMILES string of the molecule is O=C(O)O.[Cl][Zn][Cl]. The van der Waals surface area contributed by atoms with Gasteiger partial charge in [-0.3, -0.25) is 0 Å². The van der Waals surface area contributed by atoms with Crippen molar-refractivity contribution in [3.63, 3.8) is 0 Å². The van der Waals surface area contributed by atoms with Crippen molar-refractivity contribution in [2.75, 3.05) is 0 Å². The Labute approximate surface area is 55.9 Å². The molecule has 7 heavy (non-hydrogen) atoms. The first-order valence-corrected chi connectivity index (χ1v) is 8.98. The van der Waals surface area contributed by atoms with Gasteiger partial charge in [-0.25, -0.2) is 4.79 Å². The average molecular weight is 198 g/mol. The van der Waals surface area contributed by atoms with Crippen LogP contribution in [0.1, 0.15) is 0 Å². The molecular weight excluding hydrogens is 196 g/mol. The number of carbonyl (C=O) groups is 1. The van der Waals surface area contributed by atoms with Crippen LogP contribution in [0.2, 0.25) is 0 Å². The minimum absolute atomic E-state index is 0.931. The van der Waals surface area contributed by atoms with Gasteiger partial charge in [0.25, 0.3) is 0 Å². The van der Waals surface area contributed by atoms with E-state index in [0.29, 0.717) is 0 Å². The molecule has 0 aliphatic heterocycles. The Morgan fingerprint density at radius 1 is 1.43 bits per heavy atom. The van der Waals surface area contributed by atoms with Crippen LogP contribution in [0.25, 0.3) is 0 Å². The molecule has 0 fully saturated rings. The van der Waals surface area contributed by atoms with Crippen molar-refractivity contribution in [2.45, 2.75) is 0 Å². The fourth-order valence-electron chi connectivity index (χ4n) is 0. The normalized spacial score (nSPS) is 4.86. The summed E-state index contributed by atoms with van der Waals surface area (Å²) in [6.45, 7) is 0. The number of carboxylic acid groups (broad SMARTS) is 2. The van der Waals surface area contributed by atoms with E-state index in [2.05, 4.69) is 0 Å². The molecule has 6 heteroatoms. The zero-order valence-corrected chi connectivity index (χ0v) is 7.74. The van der Waals surface area contributed by atoms with E-state index < -0.39 is 21.3 Å². The van der Waals surface area contributed by atoms with Crippen molar-refractivity contribution in [3.8, 4) is 0 Å². The van der Waals surface area contributed by atoms with E-state index in [1.54, 1.807) is 0 Å². The Kier molecular flexibility index (Phi) is 14.5. The maximum absolute atomic E-state index is 8.56. The number of hydrogen-bond donors (Lipinski definition) is 2. The topological polar surface area (TPSA) is 57.5 Å². The van der Waals surface area contributed by atoms with Crippen molar-refractivity contribution in [2.24, 2.45) is 0 Å². The third-order valence-electron chi connectivity index (χ3n) is 0. The van der Waals surface area contributed by atoms with Crippen LogP contribution in [-0.4, -0.2) is 16.4 Å². The molecular formula is CH2Cl2O3Zn. The Bertz CT molecular complexity index is 44.2. The monoisotopic (exact) mass is 196 g/mol. The summed E-state index contributed by atoms with van der Waals surface area (Å²) < 4.78 is 0. The van der Waals surface area contributed by atoms with E-state index >= 15 is 0 Å². The molecule has 2 N–H and O–H groups in total. The van der Waals surface area contributed by atoms with Gasteiger partial charge in [0.1, 0.15) is 0 Å². The zero-order chi connectivity index (χ0) is 6.28. The van der Waals surface area contributed by atoms with Crippen molar-refractivity contribution >= 4 is 25.5 Å². The first-order chi connectivity index (χ1) is 3.15. The first-order valence-electron chi connectivity index (χ1n) is 1.19. The van der Waals surface area contributed by atoms with Gasteiger partial charge in [-0.2, -0.15) is 0 Å². The summed E-state index contributed by atoms with van der Waals surface area (Å²) in [7, 11) is 9.90. The minimum atomic E-state index is -1.83. The number of rotatable bonds is 0. The van der Waals surface area contributed by atoms with Crippen LogP contribution in [-0.2, 0) is 15.1 Å². The molecule has 0 unspecified atom stereocenters. The summed E-state index contributed by atoms with van der Waals surface area (Å²) in [6.07, 6.45) is -1.83. The summed E-state index contributed by atoms with van der Waals surface area (Å²) in [6, 6.07) is 0. The van der Waals surface area contributed by atoms with Crippen LogP contribution in [0, 0.1) is 0 Å². The van der Waals surface area contributed by atoms with Crippen molar-refractivity contribution in [1.82, 2.24) is 0 Å². The van der Waals surface area contributed by atoms with Crippen molar-refractivity contribution < 1.29 is 30.2 Å². The Morgan fingerprint density at radius 3 is 1.43 bits per heavy atom. The molecule has 0 radical (unpaired) electrons. The number of halogens is 2. The van der Waals surface area contributed by atoms with E-state index in [4.69, 9.17) is 34.4 Å². The van der Waals surface area contributed by atoms with Gasteiger partial charge in [0.2, 0.25) is 0 Å². The van der Waals surface area contributed by atoms with Gasteiger partial charge in [-0.15, -0.1) is 0 Å². The van der Waals surface area contributed by atoms with Gasteiger partial charge in [-0.05, 0) is 0 Å². The van der Waals surface area contributed by atoms with Crippen LogP contribution in [0.15, 0.2) is 0 Å². The molecule has 0 amide bonds. The average Bonchev–Trinajstić information content (AvgIpc) is 1.33. The summed E-state index contributed by atoms with van der Waals surface area (Å²) >= 11 is -0.931. The Balaban J connectivity index is 0. The molecule has 0 aromatic heterocycles. The van der Waals surface area contributed by atoms with E-state index in [1.165, 1.54) is 0 Å². The van der Waals surface area contributed by atoms with Crippen LogP contribution >= 0.6 is 19.4 Å². The predicted octanol–water partition coefficient (Wildman–Crippen LogP) is 1.60. The van der Waals surface area contributed by atoms with E-state index in [-0.39, 0.29) is 0 Å². The van der Waals surface area contributed by atoms with Gasteiger partial charge >= 0.3 is 40.7 Å². The van der Waals surface area contributed by atoms with Gasteiger partial charge in [0.05, 0.1) is 0 Å². The third kappa shape index (κ3) is 578. The molecule has 0 atom stereocenters. The second-order valence-electron chi connectivity index (χ2n) is 0.384. The van der Waals surface area contributed by atoms with Crippen LogP contribution in [0.5, 0.6) is 0 Å². The van der Waals surface area contributed by atoms with E-state index in [9.17, 15) is 0 Å². The fourth-order valence-corrected chi connectivity index (χ4v) is 0. The maximum atomic E-state index is 8.56. The second-order valence-corrected chi connectivity index (χ2v) is 5.01. The fraction of sp³-hybridized carbons (Fsp3) is 0. The van der Waals surface area contributed by atoms with Gasteiger partial charge in [-0.1, -0.05) is 0 Å². The summed E-state index contributed by atoms with van der Waals surface area (Å²) in [5.41, 5.74) is 0. The molecule has 3 nitrogen and oxygen atoms in total. The molecule has 0 spiro atoms. The predicted molar refractivity (Wildman–Crippen MR) is 22.4 cm³/mol. The van der Waals surface area contributed by atoms with Crippen LogP contribution in [0.4, 0.5) is 4.79 Å². The second kappa shape index (κ2) is 9.69. The van der Waals surface area contributed by atoms with Gasteiger partial charge in [0, 0.05) is 0 Å². The molecule has 0 rings (SSSR count). The van der Waals surface area contributed by atoms with E-state index in [0.717, 1.165) is 0 Å². The summed E-state index contributed by atoms with van der Waals surface area (Å²) in [4.78, 5) is 8.56. The summed E-state index contributed by atoms with van der Waals surface area (Å²) in [5.74, 6) is 0. The molecule has 0 aromatic rings. The van der Waals surface area contributed by atoms with Crippen LogP contribution < -0.4 is 0 Å². The molecule has 40 valence electrons. The van der Waals surface area contributed by atoms with Gasteiger partial charge < -0.3 is 10.2 Å². The van der Waals surface area contributed by atoms with Crippen molar-refractivity contribution in [3.05, 3.63) is 0 Å². The standard InChI is InChI=1S/CH2O3.2ClH.Zn/c2-1(3)4;;;/h(H2,2,3,4);2*1H;/q;;;+2/p-2. The molecule has 0 saturated heterocycles.